The van der Waals surface area contributed by atoms with Gasteiger partial charge in [-0.05, 0) is 30.3 Å². The van der Waals surface area contributed by atoms with E-state index in [4.69, 9.17) is 10.5 Å². The molecule has 1 aliphatic heterocycles. The third-order valence-electron chi connectivity index (χ3n) is 3.22. The second kappa shape index (κ2) is 7.54. The molecule has 8 nitrogen and oxygen atoms in total. The van der Waals surface area contributed by atoms with Gasteiger partial charge in [0.15, 0.2) is 0 Å². The van der Waals surface area contributed by atoms with Gasteiger partial charge < -0.3 is 10.5 Å². The number of carbonyl (C=O) groups excluding carboxylic acids is 1. The largest absolute Gasteiger partial charge is 0.456 e. The standard InChI is InChI=1S/C15H13N3O5S.Na/c16-14-9-15(19)18(17-14)10-6-7-12(13(8-10)24(20,21)22)23-11-4-2-1-3-5-11;/h1-8H,9H2,(H2,16,17)(H,20,21,22);. The summed E-state index contributed by atoms with van der Waals surface area (Å²) in [4.78, 5) is 11.3. The van der Waals surface area contributed by atoms with E-state index in [0.29, 0.717) is 5.75 Å². The van der Waals surface area contributed by atoms with Crippen LogP contribution < -0.4 is 15.5 Å². The summed E-state index contributed by atoms with van der Waals surface area (Å²) in [7, 11) is -4.58. The molecule has 125 valence electrons. The summed E-state index contributed by atoms with van der Waals surface area (Å²) in [5, 5.41) is 4.82. The third kappa shape index (κ3) is 4.39. The van der Waals surface area contributed by atoms with Gasteiger partial charge in [-0.3, -0.25) is 9.35 Å². The van der Waals surface area contributed by atoms with Gasteiger partial charge in [0, 0.05) is 29.6 Å². The van der Waals surface area contributed by atoms with E-state index in [1.807, 2.05) is 0 Å². The molecule has 0 atom stereocenters. The number of anilines is 1. The Kier molecular flexibility index (Phi) is 5.86. The van der Waals surface area contributed by atoms with Gasteiger partial charge in [-0.2, -0.15) is 18.5 Å². The van der Waals surface area contributed by atoms with Crippen LogP contribution in [0.3, 0.4) is 0 Å². The number of ether oxygens (including phenoxy) is 1. The van der Waals surface area contributed by atoms with Crippen LogP contribution in [0.5, 0.6) is 11.5 Å². The molecular formula is C15H13N3NaO5S. The van der Waals surface area contributed by atoms with Crippen LogP contribution >= 0.6 is 0 Å². The molecule has 0 spiro atoms. The average Bonchev–Trinajstić information content (AvgIpc) is 2.86. The number of rotatable bonds is 4. The zero-order valence-electron chi connectivity index (χ0n) is 13.3. The monoisotopic (exact) mass is 370 g/mol. The predicted octanol–water partition coefficient (Wildman–Crippen LogP) is 1.35. The quantitative estimate of drug-likeness (QED) is 0.619. The van der Waals surface area contributed by atoms with Gasteiger partial charge >= 0.3 is 0 Å². The maximum absolute atomic E-state index is 11.8. The molecule has 1 radical (unpaired) electrons. The predicted molar refractivity (Wildman–Crippen MR) is 92.3 cm³/mol. The Morgan fingerprint density at radius 2 is 1.84 bits per heavy atom. The number of nitrogens with two attached hydrogens (primary N) is 1. The number of nitrogens with zero attached hydrogens (tertiary/aromatic N) is 2. The minimum Gasteiger partial charge on any atom is -0.456 e. The number of amides is 1. The zero-order chi connectivity index (χ0) is 17.3. The Balaban J connectivity index is 0.00000225. The first-order valence-electron chi connectivity index (χ1n) is 6.85. The fourth-order valence-corrected chi connectivity index (χ4v) is 2.81. The Hall–Kier alpha value is -1.91. The Labute approximate surface area is 166 Å². The first kappa shape index (κ1) is 19.4. The van der Waals surface area contributed by atoms with E-state index in [2.05, 4.69) is 5.10 Å². The molecule has 3 rings (SSSR count). The van der Waals surface area contributed by atoms with Crippen LogP contribution in [0.15, 0.2) is 58.5 Å². The first-order valence-corrected chi connectivity index (χ1v) is 8.29. The van der Waals surface area contributed by atoms with Crippen LogP contribution in [-0.4, -0.2) is 54.3 Å². The van der Waals surface area contributed by atoms with E-state index in [-0.39, 0.29) is 53.3 Å². The molecule has 0 unspecified atom stereocenters. The van der Waals surface area contributed by atoms with E-state index in [1.165, 1.54) is 12.1 Å². The molecule has 0 bridgehead atoms. The minimum atomic E-state index is -4.58. The number of hydrazone groups is 1. The first-order chi connectivity index (χ1) is 11.3. The van der Waals surface area contributed by atoms with Crippen molar-refractivity contribution in [2.45, 2.75) is 11.3 Å². The van der Waals surface area contributed by atoms with Gasteiger partial charge in [0.25, 0.3) is 16.0 Å². The number of hydrogen-bond donors (Lipinski definition) is 2. The summed E-state index contributed by atoms with van der Waals surface area (Å²) in [5.74, 6) is 0.0502. The van der Waals surface area contributed by atoms with Crippen molar-refractivity contribution < 1.29 is 22.5 Å². The average molecular weight is 370 g/mol. The van der Waals surface area contributed by atoms with Crippen molar-refractivity contribution in [3.8, 4) is 11.5 Å². The van der Waals surface area contributed by atoms with Crippen molar-refractivity contribution in [1.82, 2.24) is 0 Å². The van der Waals surface area contributed by atoms with Crippen molar-refractivity contribution in [3.63, 3.8) is 0 Å². The Morgan fingerprint density at radius 1 is 1.16 bits per heavy atom. The zero-order valence-corrected chi connectivity index (χ0v) is 16.1. The van der Waals surface area contributed by atoms with Crippen molar-refractivity contribution in [3.05, 3.63) is 48.5 Å². The summed E-state index contributed by atoms with van der Waals surface area (Å²) in [6.45, 7) is 0. The normalized spacial score (nSPS) is 14.0. The maximum atomic E-state index is 11.8. The minimum absolute atomic E-state index is 0. The number of benzene rings is 2. The topological polar surface area (TPSA) is 122 Å². The van der Waals surface area contributed by atoms with Crippen LogP contribution in [0.4, 0.5) is 5.69 Å². The van der Waals surface area contributed by atoms with Gasteiger partial charge in [-0.15, -0.1) is 0 Å². The molecule has 3 N–H and O–H groups in total. The van der Waals surface area contributed by atoms with E-state index in [0.717, 1.165) is 11.1 Å². The molecule has 0 aromatic heterocycles. The van der Waals surface area contributed by atoms with E-state index in [9.17, 15) is 17.8 Å². The summed E-state index contributed by atoms with van der Waals surface area (Å²) < 4.78 is 38.3. The number of carbonyl (C=O) groups is 1. The van der Waals surface area contributed by atoms with Crippen molar-refractivity contribution >= 4 is 57.1 Å². The summed E-state index contributed by atoms with van der Waals surface area (Å²) >= 11 is 0. The smallest absolute Gasteiger partial charge is 0.298 e. The van der Waals surface area contributed by atoms with E-state index in [1.54, 1.807) is 30.3 Å². The van der Waals surface area contributed by atoms with Crippen molar-refractivity contribution in [2.75, 3.05) is 5.01 Å². The number of para-hydroxylation sites is 1. The van der Waals surface area contributed by atoms with E-state index >= 15 is 0 Å². The molecular weight excluding hydrogens is 357 g/mol. The van der Waals surface area contributed by atoms with E-state index < -0.39 is 20.9 Å². The van der Waals surface area contributed by atoms with Crippen molar-refractivity contribution in [1.29, 1.82) is 0 Å². The molecule has 25 heavy (non-hydrogen) atoms. The molecule has 1 aliphatic rings. The Bertz CT molecular complexity index is 931. The molecule has 2 aromatic rings. The molecule has 0 saturated carbocycles. The molecule has 10 heteroatoms. The molecule has 2 aromatic carbocycles. The Morgan fingerprint density at radius 3 is 2.40 bits per heavy atom. The fraction of sp³-hybridized carbons (Fsp3) is 0.0667. The maximum Gasteiger partial charge on any atom is 0.298 e. The van der Waals surface area contributed by atoms with Crippen LogP contribution in [0.1, 0.15) is 6.42 Å². The van der Waals surface area contributed by atoms with Gasteiger partial charge in [-0.25, -0.2) is 0 Å². The van der Waals surface area contributed by atoms with Crippen LogP contribution in [-0.2, 0) is 14.9 Å². The van der Waals surface area contributed by atoms with Gasteiger partial charge in [0.1, 0.15) is 22.2 Å². The second-order valence-electron chi connectivity index (χ2n) is 4.99. The summed E-state index contributed by atoms with van der Waals surface area (Å²) in [6.07, 6.45) is -0.0521. The molecule has 0 saturated heterocycles. The van der Waals surface area contributed by atoms with Gasteiger partial charge in [0.2, 0.25) is 0 Å². The van der Waals surface area contributed by atoms with Crippen molar-refractivity contribution in [2.24, 2.45) is 10.8 Å². The number of amidine groups is 1. The van der Waals surface area contributed by atoms with Gasteiger partial charge in [0.05, 0.1) is 12.1 Å². The fourth-order valence-electron chi connectivity index (χ4n) is 2.18. The summed E-state index contributed by atoms with van der Waals surface area (Å²) in [5.41, 5.74) is 5.66. The molecule has 0 fully saturated rings. The third-order valence-corrected chi connectivity index (χ3v) is 4.09. The number of hydrogen-bond acceptors (Lipinski definition) is 6. The summed E-state index contributed by atoms with van der Waals surface area (Å²) in [6, 6.07) is 12.4. The second-order valence-corrected chi connectivity index (χ2v) is 6.38. The van der Waals surface area contributed by atoms with Crippen LogP contribution in [0.2, 0.25) is 0 Å². The molecule has 1 amide bonds. The van der Waals surface area contributed by atoms with Gasteiger partial charge in [-0.1, -0.05) is 18.2 Å². The van der Waals surface area contributed by atoms with Crippen LogP contribution in [0, 0.1) is 0 Å². The van der Waals surface area contributed by atoms with Crippen LogP contribution in [0.25, 0.3) is 0 Å². The molecule has 0 aliphatic carbocycles. The SMILES string of the molecule is NC1=NN(c2ccc(Oc3ccccc3)c(S(=O)(=O)O)c2)C(=O)C1.[Na]. The molecule has 1 heterocycles.